The lowest BCUT2D eigenvalue weighted by Gasteiger charge is -2.35. The summed E-state index contributed by atoms with van der Waals surface area (Å²) in [5.74, 6) is 0. The van der Waals surface area contributed by atoms with E-state index in [1.54, 1.807) is 6.20 Å². The second-order valence-corrected chi connectivity index (χ2v) is 11.6. The standard InChI is InChI=1S/C30H31N5O4S/c1-33-19-7-9-25-8-6-12-28(30(25)33)34(22-26-10-4-5-18-31-26)21-24-16-14-23(15-17-24)20-32-40(38,39)29-13-3-2-11-27(29)35(36)37/h2-6,8,10-18,32H,7,9,19-22H2,1H3. The summed E-state index contributed by atoms with van der Waals surface area (Å²) < 4.78 is 28.1. The number of aromatic nitrogens is 1. The molecule has 206 valence electrons. The highest BCUT2D eigenvalue weighted by Gasteiger charge is 2.25. The van der Waals surface area contributed by atoms with Crippen LogP contribution >= 0.6 is 0 Å². The first-order valence-corrected chi connectivity index (χ1v) is 14.6. The van der Waals surface area contributed by atoms with Crippen LogP contribution in [-0.2, 0) is 36.1 Å². The average molecular weight is 558 g/mol. The van der Waals surface area contributed by atoms with Crippen LogP contribution in [0.3, 0.4) is 0 Å². The van der Waals surface area contributed by atoms with Crippen molar-refractivity contribution in [3.8, 4) is 0 Å². The van der Waals surface area contributed by atoms with Gasteiger partial charge in [-0.1, -0.05) is 54.6 Å². The topological polar surface area (TPSA) is 109 Å². The van der Waals surface area contributed by atoms with Crippen LogP contribution in [0.4, 0.5) is 17.1 Å². The van der Waals surface area contributed by atoms with Crippen LogP contribution < -0.4 is 14.5 Å². The van der Waals surface area contributed by atoms with Gasteiger partial charge in [-0.05, 0) is 53.8 Å². The summed E-state index contributed by atoms with van der Waals surface area (Å²) in [5, 5.41) is 11.3. The monoisotopic (exact) mass is 557 g/mol. The summed E-state index contributed by atoms with van der Waals surface area (Å²) in [4.78, 5) is 19.5. The van der Waals surface area contributed by atoms with Crippen molar-refractivity contribution < 1.29 is 13.3 Å². The fourth-order valence-electron chi connectivity index (χ4n) is 5.08. The number of pyridine rings is 1. The van der Waals surface area contributed by atoms with E-state index in [9.17, 15) is 18.5 Å². The van der Waals surface area contributed by atoms with Crippen LogP contribution in [0.15, 0.2) is 96.0 Å². The van der Waals surface area contributed by atoms with E-state index in [1.807, 2.05) is 42.5 Å². The molecule has 1 aliphatic rings. The first kappa shape index (κ1) is 27.3. The second kappa shape index (κ2) is 11.8. The number of hydrogen-bond acceptors (Lipinski definition) is 7. The van der Waals surface area contributed by atoms with E-state index in [-0.39, 0.29) is 11.4 Å². The smallest absolute Gasteiger partial charge is 0.289 e. The number of fused-ring (bicyclic) bond motifs is 1. The Balaban J connectivity index is 1.35. The molecule has 1 aliphatic heterocycles. The Bertz CT molecular complexity index is 1590. The fourth-order valence-corrected chi connectivity index (χ4v) is 6.27. The van der Waals surface area contributed by atoms with E-state index in [0.717, 1.165) is 41.9 Å². The molecule has 0 bridgehead atoms. The minimum Gasteiger partial charge on any atom is -0.373 e. The maximum Gasteiger partial charge on any atom is 0.289 e. The third-order valence-electron chi connectivity index (χ3n) is 7.05. The van der Waals surface area contributed by atoms with Crippen LogP contribution in [-0.4, -0.2) is 31.9 Å². The van der Waals surface area contributed by atoms with Gasteiger partial charge in [-0.25, -0.2) is 13.1 Å². The molecule has 3 aromatic carbocycles. The lowest BCUT2D eigenvalue weighted by Crippen LogP contribution is -2.30. The number of hydrogen-bond donors (Lipinski definition) is 1. The van der Waals surface area contributed by atoms with E-state index in [1.165, 1.54) is 35.5 Å². The van der Waals surface area contributed by atoms with E-state index in [4.69, 9.17) is 0 Å². The fraction of sp³-hybridized carbons (Fsp3) is 0.233. The summed E-state index contributed by atoms with van der Waals surface area (Å²) in [6.07, 6.45) is 4.00. The Morgan fingerprint density at radius 1 is 0.950 bits per heavy atom. The molecular weight excluding hydrogens is 526 g/mol. The number of aryl methyl sites for hydroxylation is 1. The Hall–Kier alpha value is -4.28. The maximum absolute atomic E-state index is 12.8. The number of anilines is 2. The Morgan fingerprint density at radius 3 is 2.45 bits per heavy atom. The SMILES string of the molecule is CN1CCCc2cccc(N(Cc3ccc(CNS(=O)(=O)c4ccccc4[N+](=O)[O-])cc3)Cc3ccccn3)c21. The molecule has 10 heteroatoms. The third kappa shape index (κ3) is 6.13. The van der Waals surface area contributed by atoms with Gasteiger partial charge in [0.15, 0.2) is 4.90 Å². The van der Waals surface area contributed by atoms with E-state index >= 15 is 0 Å². The first-order chi connectivity index (χ1) is 19.3. The van der Waals surface area contributed by atoms with Crippen molar-refractivity contribution in [2.75, 3.05) is 23.4 Å². The van der Waals surface area contributed by atoms with E-state index in [0.29, 0.717) is 13.1 Å². The molecule has 40 heavy (non-hydrogen) atoms. The zero-order valence-corrected chi connectivity index (χ0v) is 23.0. The summed E-state index contributed by atoms with van der Waals surface area (Å²) in [7, 11) is -1.92. The third-order valence-corrected chi connectivity index (χ3v) is 8.50. The number of sulfonamides is 1. The van der Waals surface area contributed by atoms with E-state index in [2.05, 4.69) is 44.8 Å². The zero-order valence-electron chi connectivity index (χ0n) is 22.2. The van der Waals surface area contributed by atoms with Crippen molar-refractivity contribution in [3.63, 3.8) is 0 Å². The van der Waals surface area contributed by atoms with Crippen molar-refractivity contribution in [2.24, 2.45) is 0 Å². The van der Waals surface area contributed by atoms with Gasteiger partial charge in [0.2, 0.25) is 10.0 Å². The molecule has 0 saturated carbocycles. The molecule has 9 nitrogen and oxygen atoms in total. The van der Waals surface area contributed by atoms with Crippen LogP contribution in [0.2, 0.25) is 0 Å². The quantitative estimate of drug-likeness (QED) is 0.215. The highest BCUT2D eigenvalue weighted by Crippen LogP contribution is 2.37. The molecule has 1 N–H and O–H groups in total. The van der Waals surface area contributed by atoms with Gasteiger partial charge >= 0.3 is 0 Å². The van der Waals surface area contributed by atoms with Crippen molar-refractivity contribution in [1.29, 1.82) is 0 Å². The Kier molecular flexibility index (Phi) is 8.09. The van der Waals surface area contributed by atoms with Gasteiger partial charge in [-0.15, -0.1) is 0 Å². The van der Waals surface area contributed by atoms with Gasteiger partial charge < -0.3 is 9.80 Å². The predicted octanol–water partition coefficient (Wildman–Crippen LogP) is 5.06. The van der Waals surface area contributed by atoms with Crippen molar-refractivity contribution in [2.45, 2.75) is 37.4 Å². The molecule has 0 aliphatic carbocycles. The van der Waals surface area contributed by atoms with Crippen molar-refractivity contribution >= 4 is 27.1 Å². The van der Waals surface area contributed by atoms with Crippen molar-refractivity contribution in [1.82, 2.24) is 9.71 Å². The summed E-state index contributed by atoms with van der Waals surface area (Å²) in [6.45, 7) is 2.31. The highest BCUT2D eigenvalue weighted by molar-refractivity contribution is 7.89. The number of nitro groups is 1. The first-order valence-electron chi connectivity index (χ1n) is 13.1. The summed E-state index contributed by atoms with van der Waals surface area (Å²) in [5.41, 5.74) is 6.10. The van der Waals surface area contributed by atoms with Gasteiger partial charge in [0.1, 0.15) is 0 Å². The average Bonchev–Trinajstić information content (AvgIpc) is 2.97. The molecule has 4 aromatic rings. The molecule has 0 saturated heterocycles. The molecular formula is C30H31N5O4S. The molecule has 0 amide bonds. The summed E-state index contributed by atoms with van der Waals surface area (Å²) in [6, 6.07) is 25.5. The van der Waals surface area contributed by atoms with Crippen LogP contribution in [0.25, 0.3) is 0 Å². The van der Waals surface area contributed by atoms with Crippen LogP contribution in [0.1, 0.15) is 28.8 Å². The van der Waals surface area contributed by atoms with Gasteiger partial charge in [-0.2, -0.15) is 0 Å². The van der Waals surface area contributed by atoms with E-state index < -0.39 is 20.6 Å². The van der Waals surface area contributed by atoms with Gasteiger partial charge in [0.05, 0.1) is 28.5 Å². The molecule has 2 heterocycles. The molecule has 0 unspecified atom stereocenters. The number of para-hydroxylation sites is 2. The summed E-state index contributed by atoms with van der Waals surface area (Å²) >= 11 is 0. The lowest BCUT2D eigenvalue weighted by atomic mass is 10.00. The minimum absolute atomic E-state index is 0.0172. The van der Waals surface area contributed by atoms with Crippen LogP contribution in [0.5, 0.6) is 0 Å². The number of rotatable bonds is 10. The zero-order chi connectivity index (χ0) is 28.1. The predicted molar refractivity (Wildman–Crippen MR) is 156 cm³/mol. The lowest BCUT2D eigenvalue weighted by molar-refractivity contribution is -0.387. The molecule has 0 atom stereocenters. The highest BCUT2D eigenvalue weighted by atomic mass is 32.2. The van der Waals surface area contributed by atoms with Crippen molar-refractivity contribution in [3.05, 3.63) is 124 Å². The second-order valence-electron chi connectivity index (χ2n) is 9.85. The van der Waals surface area contributed by atoms with Crippen LogP contribution in [0, 0.1) is 10.1 Å². The number of nitrogens with one attached hydrogen (secondary N) is 1. The largest absolute Gasteiger partial charge is 0.373 e. The minimum atomic E-state index is -4.06. The van der Waals surface area contributed by atoms with Gasteiger partial charge in [-0.3, -0.25) is 15.1 Å². The Morgan fingerprint density at radius 2 is 1.70 bits per heavy atom. The molecule has 1 aromatic heterocycles. The molecule has 5 rings (SSSR count). The number of nitro benzene ring substituents is 1. The number of benzene rings is 3. The van der Waals surface area contributed by atoms with Gasteiger partial charge in [0.25, 0.3) is 5.69 Å². The molecule has 0 radical (unpaired) electrons. The maximum atomic E-state index is 12.8. The Labute approximate surface area is 234 Å². The number of nitrogens with zero attached hydrogens (tertiary/aromatic N) is 4. The molecule has 0 fully saturated rings. The normalized spacial score (nSPS) is 13.1. The molecule has 0 spiro atoms. The van der Waals surface area contributed by atoms with Gasteiger partial charge in [0, 0.05) is 38.9 Å².